The summed E-state index contributed by atoms with van der Waals surface area (Å²) >= 11 is 0. The second-order valence-electron chi connectivity index (χ2n) is 6.51. The summed E-state index contributed by atoms with van der Waals surface area (Å²) in [5, 5.41) is 3.68. The standard InChI is InChI=1S/C17H23N3O/c18-17-16-15(21-16)10-14(20-17)11-5-4-8-13(9-11)19-12-6-2-1-3-7-12/h4-5,8-9,12,14-16,19H,1-3,6-7,10H2,(H2,18,20). The van der Waals surface area contributed by atoms with Gasteiger partial charge in [0, 0.05) is 18.2 Å². The Morgan fingerprint density at radius 1 is 1.19 bits per heavy atom. The summed E-state index contributed by atoms with van der Waals surface area (Å²) in [7, 11) is 0. The molecule has 0 aromatic heterocycles. The zero-order valence-electron chi connectivity index (χ0n) is 12.3. The van der Waals surface area contributed by atoms with Crippen molar-refractivity contribution in [3.8, 4) is 0 Å². The molecule has 4 rings (SSSR count). The number of hydrogen-bond acceptors (Lipinski definition) is 4. The van der Waals surface area contributed by atoms with E-state index in [4.69, 9.17) is 10.5 Å². The Balaban J connectivity index is 1.48. The smallest absolute Gasteiger partial charge is 0.141 e. The largest absolute Gasteiger partial charge is 0.385 e. The average Bonchev–Trinajstić information content (AvgIpc) is 3.29. The molecule has 4 heteroatoms. The van der Waals surface area contributed by atoms with Crippen LogP contribution in [0, 0.1) is 0 Å². The third-order valence-electron chi connectivity index (χ3n) is 4.88. The van der Waals surface area contributed by atoms with Gasteiger partial charge in [0.15, 0.2) is 0 Å². The Morgan fingerprint density at radius 2 is 2.05 bits per heavy atom. The van der Waals surface area contributed by atoms with Gasteiger partial charge in [-0.05, 0) is 30.5 Å². The number of nitrogens with one attached hydrogen (secondary N) is 1. The quantitative estimate of drug-likeness (QED) is 0.839. The SMILES string of the molecule is NC1=NC(c2cccc(NC3CCCCC3)c2)CC2OC12. The predicted octanol–water partition coefficient (Wildman–Crippen LogP) is 3.00. The highest BCUT2D eigenvalue weighted by Crippen LogP contribution is 2.39. The van der Waals surface area contributed by atoms with Crippen LogP contribution in [0.4, 0.5) is 5.69 Å². The Bertz CT molecular complexity index is 551. The van der Waals surface area contributed by atoms with Crippen LogP contribution in [-0.4, -0.2) is 24.1 Å². The van der Waals surface area contributed by atoms with Gasteiger partial charge in [0.2, 0.25) is 0 Å². The first-order valence-electron chi connectivity index (χ1n) is 8.15. The molecule has 1 aliphatic carbocycles. The van der Waals surface area contributed by atoms with Crippen molar-refractivity contribution < 1.29 is 4.74 Å². The fourth-order valence-corrected chi connectivity index (χ4v) is 3.64. The van der Waals surface area contributed by atoms with Gasteiger partial charge >= 0.3 is 0 Å². The van der Waals surface area contributed by atoms with Gasteiger partial charge in [-0.1, -0.05) is 31.4 Å². The lowest BCUT2D eigenvalue weighted by molar-refractivity contribution is 0.379. The number of nitrogens with zero attached hydrogens (tertiary/aromatic N) is 1. The molecule has 21 heavy (non-hydrogen) atoms. The zero-order valence-corrected chi connectivity index (χ0v) is 12.3. The minimum absolute atomic E-state index is 0.102. The Kier molecular flexibility index (Phi) is 3.34. The number of amidine groups is 1. The fourth-order valence-electron chi connectivity index (χ4n) is 3.64. The van der Waals surface area contributed by atoms with Crippen LogP contribution >= 0.6 is 0 Å². The summed E-state index contributed by atoms with van der Waals surface area (Å²) < 4.78 is 5.52. The number of anilines is 1. The predicted molar refractivity (Wildman–Crippen MR) is 84.6 cm³/mol. The van der Waals surface area contributed by atoms with Gasteiger partial charge in [-0.25, -0.2) is 0 Å². The van der Waals surface area contributed by atoms with E-state index in [2.05, 4.69) is 34.6 Å². The molecule has 2 heterocycles. The molecule has 0 spiro atoms. The first kappa shape index (κ1) is 13.1. The molecule has 0 amide bonds. The minimum atomic E-state index is 0.102. The number of ether oxygens (including phenoxy) is 1. The van der Waals surface area contributed by atoms with Crippen molar-refractivity contribution in [2.45, 2.75) is 62.8 Å². The van der Waals surface area contributed by atoms with Crippen molar-refractivity contribution in [1.29, 1.82) is 0 Å². The van der Waals surface area contributed by atoms with Crippen LogP contribution in [-0.2, 0) is 4.74 Å². The van der Waals surface area contributed by atoms with Crippen molar-refractivity contribution >= 4 is 11.5 Å². The maximum atomic E-state index is 5.94. The van der Waals surface area contributed by atoms with Gasteiger partial charge in [-0.15, -0.1) is 0 Å². The van der Waals surface area contributed by atoms with Crippen LogP contribution < -0.4 is 11.1 Å². The normalized spacial score (nSPS) is 32.2. The number of fused-ring (bicyclic) bond motifs is 1. The first-order valence-corrected chi connectivity index (χ1v) is 8.15. The second-order valence-corrected chi connectivity index (χ2v) is 6.51. The topological polar surface area (TPSA) is 62.9 Å². The summed E-state index contributed by atoms with van der Waals surface area (Å²) in [5.74, 6) is 0.668. The molecule has 1 saturated heterocycles. The Labute approximate surface area is 125 Å². The van der Waals surface area contributed by atoms with Crippen LogP contribution in [0.2, 0.25) is 0 Å². The lowest BCUT2D eigenvalue weighted by Crippen LogP contribution is -2.26. The van der Waals surface area contributed by atoms with Crippen LogP contribution in [0.3, 0.4) is 0 Å². The highest BCUT2D eigenvalue weighted by atomic mass is 16.6. The Hall–Kier alpha value is -1.55. The van der Waals surface area contributed by atoms with Crippen molar-refractivity contribution in [1.82, 2.24) is 0 Å². The van der Waals surface area contributed by atoms with Crippen LogP contribution in [0.15, 0.2) is 29.3 Å². The van der Waals surface area contributed by atoms with E-state index in [0.29, 0.717) is 18.0 Å². The molecule has 3 atom stereocenters. The van der Waals surface area contributed by atoms with Crippen LogP contribution in [0.1, 0.15) is 50.1 Å². The van der Waals surface area contributed by atoms with Crippen LogP contribution in [0.5, 0.6) is 0 Å². The molecule has 0 bridgehead atoms. The summed E-state index contributed by atoms with van der Waals surface area (Å²) in [5.41, 5.74) is 8.40. The van der Waals surface area contributed by atoms with Gasteiger partial charge in [0.05, 0.1) is 12.1 Å². The van der Waals surface area contributed by atoms with Crippen molar-refractivity contribution in [2.75, 3.05) is 5.32 Å². The lowest BCUT2D eigenvalue weighted by atomic mass is 9.94. The first-order chi connectivity index (χ1) is 10.3. The molecule has 4 nitrogen and oxygen atoms in total. The molecule has 2 aliphatic heterocycles. The van der Waals surface area contributed by atoms with Gasteiger partial charge in [-0.2, -0.15) is 0 Å². The number of aliphatic imine (C=N–C) groups is 1. The zero-order chi connectivity index (χ0) is 14.2. The third-order valence-corrected chi connectivity index (χ3v) is 4.88. The third kappa shape index (κ3) is 2.77. The Morgan fingerprint density at radius 3 is 2.86 bits per heavy atom. The van der Waals surface area contributed by atoms with E-state index in [1.165, 1.54) is 43.4 Å². The molecule has 2 fully saturated rings. The van der Waals surface area contributed by atoms with Crippen molar-refractivity contribution in [2.24, 2.45) is 10.7 Å². The molecule has 0 radical (unpaired) electrons. The van der Waals surface area contributed by atoms with E-state index in [1.807, 2.05) is 0 Å². The molecule has 1 saturated carbocycles. The second kappa shape index (κ2) is 5.34. The summed E-state index contributed by atoms with van der Waals surface area (Å²) in [6.07, 6.45) is 8.01. The molecular formula is C17H23N3O. The van der Waals surface area contributed by atoms with Gasteiger partial charge in [-0.3, -0.25) is 4.99 Å². The van der Waals surface area contributed by atoms with Gasteiger partial charge in [0.1, 0.15) is 11.9 Å². The van der Waals surface area contributed by atoms with Crippen molar-refractivity contribution in [3.63, 3.8) is 0 Å². The maximum absolute atomic E-state index is 5.94. The molecule has 3 unspecified atom stereocenters. The van der Waals surface area contributed by atoms with E-state index < -0.39 is 0 Å². The monoisotopic (exact) mass is 285 g/mol. The van der Waals surface area contributed by atoms with Gasteiger partial charge in [0.25, 0.3) is 0 Å². The summed E-state index contributed by atoms with van der Waals surface area (Å²) in [4.78, 5) is 4.60. The average molecular weight is 285 g/mol. The number of rotatable bonds is 3. The highest BCUT2D eigenvalue weighted by Gasteiger charge is 2.46. The maximum Gasteiger partial charge on any atom is 0.141 e. The lowest BCUT2D eigenvalue weighted by Gasteiger charge is -2.24. The molecule has 3 aliphatic rings. The molecular weight excluding hydrogens is 262 g/mol. The molecule has 112 valence electrons. The van der Waals surface area contributed by atoms with E-state index in [-0.39, 0.29) is 12.1 Å². The van der Waals surface area contributed by atoms with Gasteiger partial charge < -0.3 is 15.8 Å². The van der Waals surface area contributed by atoms with E-state index in [0.717, 1.165) is 6.42 Å². The highest BCUT2D eigenvalue weighted by molar-refractivity contribution is 5.88. The summed E-state index contributed by atoms with van der Waals surface area (Å²) in [6.45, 7) is 0. The number of hydrogen-bond donors (Lipinski definition) is 2. The van der Waals surface area contributed by atoms with E-state index >= 15 is 0 Å². The number of nitrogens with two attached hydrogens (primary N) is 1. The number of benzene rings is 1. The summed E-state index contributed by atoms with van der Waals surface area (Å²) in [6, 6.07) is 9.44. The molecule has 1 aromatic carbocycles. The fraction of sp³-hybridized carbons (Fsp3) is 0.588. The molecule has 1 aromatic rings. The van der Waals surface area contributed by atoms with Crippen LogP contribution in [0.25, 0.3) is 0 Å². The molecule has 3 N–H and O–H groups in total. The van der Waals surface area contributed by atoms with Crippen molar-refractivity contribution in [3.05, 3.63) is 29.8 Å². The van der Waals surface area contributed by atoms with E-state index in [9.17, 15) is 0 Å². The number of epoxide rings is 1. The van der Waals surface area contributed by atoms with E-state index in [1.54, 1.807) is 0 Å². The minimum Gasteiger partial charge on any atom is -0.385 e.